The van der Waals surface area contributed by atoms with E-state index in [0.29, 0.717) is 0 Å². The Kier molecular flexibility index (Phi) is 5.78. The van der Waals surface area contributed by atoms with Gasteiger partial charge in [-0.05, 0) is 36.4 Å². The maximum Gasteiger partial charge on any atom is 0.271 e. The standard InChI is InChI=1S/C19H16OP.Rh/c20-16-21(17-10-4-1-5-11-17,18-12-6-2-7-13-18)19-14-8-3-9-15-19;/h1-16H;/q+1;. The first-order chi connectivity index (χ1) is 10.4. The summed E-state index contributed by atoms with van der Waals surface area (Å²) in [6.45, 7) is 0. The molecule has 1 nitrogen and oxygen atoms in total. The molecule has 0 unspecified atom stereocenters. The fraction of sp³-hybridized carbons (Fsp3) is 0. The zero-order valence-corrected chi connectivity index (χ0v) is 14.5. The molecule has 1 radical (unpaired) electrons. The molecule has 0 atom stereocenters. The third-order valence-corrected chi connectivity index (χ3v) is 7.30. The van der Waals surface area contributed by atoms with Crippen molar-refractivity contribution in [1.29, 1.82) is 0 Å². The van der Waals surface area contributed by atoms with Crippen molar-refractivity contribution in [3.8, 4) is 0 Å². The van der Waals surface area contributed by atoms with E-state index in [1.807, 2.05) is 54.6 Å². The van der Waals surface area contributed by atoms with Crippen LogP contribution in [0.1, 0.15) is 0 Å². The van der Waals surface area contributed by atoms with Gasteiger partial charge in [0.05, 0.1) is 0 Å². The van der Waals surface area contributed by atoms with Crippen LogP contribution in [0.3, 0.4) is 0 Å². The van der Waals surface area contributed by atoms with E-state index in [1.165, 1.54) is 0 Å². The van der Waals surface area contributed by atoms with Crippen LogP contribution >= 0.6 is 7.26 Å². The van der Waals surface area contributed by atoms with Gasteiger partial charge in [-0.1, -0.05) is 54.6 Å². The van der Waals surface area contributed by atoms with Crippen molar-refractivity contribution >= 4 is 29.2 Å². The SMILES string of the molecule is O=C[P+](c1ccccc1)(c1ccccc1)c1ccccc1.[Rh]. The summed E-state index contributed by atoms with van der Waals surface area (Å²) in [7, 11) is -2.21. The number of hydrogen-bond acceptors (Lipinski definition) is 1. The van der Waals surface area contributed by atoms with Crippen molar-refractivity contribution < 1.29 is 24.3 Å². The molecule has 3 rings (SSSR count). The summed E-state index contributed by atoms with van der Waals surface area (Å²) in [6.07, 6.45) is 0. The molecule has 0 amide bonds. The predicted octanol–water partition coefficient (Wildman–Crippen LogP) is 3.17. The Labute approximate surface area is 144 Å². The van der Waals surface area contributed by atoms with E-state index >= 15 is 0 Å². The molecule has 0 bridgehead atoms. The number of carbonyl (C=O) groups is 1. The van der Waals surface area contributed by atoms with Crippen molar-refractivity contribution in [3.63, 3.8) is 0 Å². The summed E-state index contributed by atoms with van der Waals surface area (Å²) in [5, 5.41) is 3.28. The quantitative estimate of drug-likeness (QED) is 0.378. The molecule has 3 aromatic rings. The molecule has 0 saturated carbocycles. The minimum atomic E-state index is -2.21. The van der Waals surface area contributed by atoms with Gasteiger partial charge in [0, 0.05) is 19.5 Å². The molecular formula is C19H16OPRh+. The molecule has 0 aliphatic heterocycles. The summed E-state index contributed by atoms with van der Waals surface area (Å²) in [6, 6.07) is 31.5. The smallest absolute Gasteiger partial charge is 0.255 e. The predicted molar refractivity (Wildman–Crippen MR) is 91.9 cm³/mol. The van der Waals surface area contributed by atoms with Gasteiger partial charge in [-0.25, -0.2) is 0 Å². The van der Waals surface area contributed by atoms with Crippen LogP contribution in [0.25, 0.3) is 0 Å². The van der Waals surface area contributed by atoms with E-state index in [4.69, 9.17) is 0 Å². The fourth-order valence-corrected chi connectivity index (χ4v) is 5.81. The van der Waals surface area contributed by atoms with E-state index in [-0.39, 0.29) is 19.5 Å². The summed E-state index contributed by atoms with van der Waals surface area (Å²) in [5.74, 6) is 0. The summed E-state index contributed by atoms with van der Waals surface area (Å²) in [5.41, 5.74) is 0. The van der Waals surface area contributed by atoms with Gasteiger partial charge in [-0.15, -0.1) is 0 Å². The Morgan fingerprint density at radius 3 is 1.05 bits per heavy atom. The van der Waals surface area contributed by atoms with Crippen molar-refractivity contribution in [3.05, 3.63) is 91.0 Å². The van der Waals surface area contributed by atoms with Crippen LogP contribution in [0.2, 0.25) is 0 Å². The molecular weight excluding hydrogens is 378 g/mol. The largest absolute Gasteiger partial charge is 0.271 e. The second kappa shape index (κ2) is 7.59. The number of hydrogen-bond donors (Lipinski definition) is 0. The average molecular weight is 394 g/mol. The maximum atomic E-state index is 12.3. The first-order valence-electron chi connectivity index (χ1n) is 6.90. The van der Waals surface area contributed by atoms with Crippen LogP contribution in [-0.2, 0) is 24.3 Å². The van der Waals surface area contributed by atoms with Crippen LogP contribution < -0.4 is 15.9 Å². The Morgan fingerprint density at radius 2 is 0.818 bits per heavy atom. The van der Waals surface area contributed by atoms with E-state index in [2.05, 4.69) is 36.4 Å². The Hall–Kier alpha value is -1.62. The summed E-state index contributed by atoms with van der Waals surface area (Å²) in [4.78, 5) is 12.3. The van der Waals surface area contributed by atoms with Gasteiger partial charge >= 0.3 is 0 Å². The number of benzene rings is 3. The first-order valence-corrected chi connectivity index (χ1v) is 8.75. The van der Waals surface area contributed by atoms with Gasteiger partial charge in [-0.2, -0.15) is 0 Å². The molecule has 0 N–H and O–H groups in total. The Morgan fingerprint density at radius 1 is 0.545 bits per heavy atom. The van der Waals surface area contributed by atoms with E-state index < -0.39 is 7.26 Å². The topological polar surface area (TPSA) is 17.1 Å². The molecule has 0 aromatic heterocycles. The van der Waals surface area contributed by atoms with Gasteiger partial charge in [-0.3, -0.25) is 4.79 Å². The van der Waals surface area contributed by atoms with Crippen LogP contribution in [0.5, 0.6) is 0 Å². The summed E-state index contributed by atoms with van der Waals surface area (Å²) >= 11 is 0. The molecule has 0 saturated heterocycles. The molecule has 3 aromatic carbocycles. The van der Waals surface area contributed by atoms with Gasteiger partial charge in [0.1, 0.15) is 15.9 Å². The molecule has 111 valence electrons. The molecule has 0 spiro atoms. The summed E-state index contributed by atoms with van der Waals surface area (Å²) < 4.78 is 0. The third kappa shape index (κ3) is 2.95. The Balaban J connectivity index is 0.00000176. The molecule has 0 heterocycles. The first kappa shape index (κ1) is 16.7. The van der Waals surface area contributed by atoms with Crippen LogP contribution in [0.15, 0.2) is 91.0 Å². The van der Waals surface area contributed by atoms with Crippen LogP contribution in [0.4, 0.5) is 0 Å². The molecule has 0 aliphatic carbocycles. The average Bonchev–Trinajstić information content (AvgIpc) is 2.59. The molecule has 22 heavy (non-hydrogen) atoms. The zero-order valence-electron chi connectivity index (χ0n) is 11.9. The van der Waals surface area contributed by atoms with Crippen LogP contribution in [0, 0.1) is 0 Å². The number of carbonyl (C=O) groups excluding carboxylic acids is 1. The third-order valence-electron chi connectivity index (χ3n) is 3.65. The molecule has 0 aliphatic rings. The van der Waals surface area contributed by atoms with Gasteiger partial charge in [0.2, 0.25) is 0 Å². The minimum Gasteiger partial charge on any atom is -0.255 e. The van der Waals surface area contributed by atoms with Crippen molar-refractivity contribution in [2.24, 2.45) is 0 Å². The zero-order chi connectivity index (χ0) is 14.5. The second-order valence-corrected chi connectivity index (χ2v) is 8.04. The van der Waals surface area contributed by atoms with E-state index in [1.54, 1.807) is 0 Å². The van der Waals surface area contributed by atoms with Crippen molar-refractivity contribution in [2.45, 2.75) is 0 Å². The number of rotatable bonds is 4. The van der Waals surface area contributed by atoms with Crippen LogP contribution in [-0.4, -0.2) is 6.03 Å². The van der Waals surface area contributed by atoms with Crippen molar-refractivity contribution in [1.82, 2.24) is 0 Å². The van der Waals surface area contributed by atoms with Gasteiger partial charge in [0.15, 0.2) is 7.26 Å². The fourth-order valence-electron chi connectivity index (χ4n) is 2.62. The van der Waals surface area contributed by atoms with Gasteiger partial charge < -0.3 is 0 Å². The van der Waals surface area contributed by atoms with Gasteiger partial charge in [0.25, 0.3) is 6.03 Å². The maximum absolute atomic E-state index is 12.3. The molecule has 0 fully saturated rings. The minimum absolute atomic E-state index is 0. The van der Waals surface area contributed by atoms with E-state index in [9.17, 15) is 4.79 Å². The second-order valence-electron chi connectivity index (χ2n) is 4.83. The van der Waals surface area contributed by atoms with Crippen molar-refractivity contribution in [2.75, 3.05) is 0 Å². The Bertz CT molecular complexity index is 618. The normalized spacial score (nSPS) is 10.5. The monoisotopic (exact) mass is 394 g/mol. The van der Waals surface area contributed by atoms with E-state index in [0.717, 1.165) is 21.9 Å². The molecule has 3 heteroatoms.